The van der Waals surface area contributed by atoms with E-state index in [2.05, 4.69) is 16.0 Å². The fourth-order valence-electron chi connectivity index (χ4n) is 4.15. The SMILES string of the molecule is C#C/C(=N\N(C(C)=[N-])C(=N)C(F)(F)c1ccc2ncccc2c1)c1ccc(C(O)N2CCN(S(C)(=O)=O)CC2)s1. The number of sulfonamides is 1. The van der Waals surface area contributed by atoms with Gasteiger partial charge in [-0.15, -0.1) is 17.8 Å². The van der Waals surface area contributed by atoms with E-state index in [1.54, 1.807) is 29.2 Å². The van der Waals surface area contributed by atoms with Gasteiger partial charge in [-0.25, -0.2) is 13.5 Å². The van der Waals surface area contributed by atoms with E-state index >= 15 is 8.78 Å². The lowest BCUT2D eigenvalue weighted by atomic mass is 10.0. The summed E-state index contributed by atoms with van der Waals surface area (Å²) in [6.07, 6.45) is 7.25. The normalized spacial score (nSPS) is 16.4. The molecule has 1 unspecified atom stereocenters. The van der Waals surface area contributed by atoms with Crippen LogP contribution in [0.1, 0.15) is 28.5 Å². The number of aromatic nitrogens is 1. The molecular formula is C26H26F2N7O3S2-. The monoisotopic (exact) mass is 586 g/mol. The summed E-state index contributed by atoms with van der Waals surface area (Å²) in [5.41, 5.74) is -0.114. The third-order valence-corrected chi connectivity index (χ3v) is 8.76. The molecule has 0 aliphatic carbocycles. The highest BCUT2D eigenvalue weighted by molar-refractivity contribution is 7.88. The molecule has 2 aromatic heterocycles. The number of hydrogen-bond donors (Lipinski definition) is 2. The number of hydrazone groups is 1. The van der Waals surface area contributed by atoms with Gasteiger partial charge in [0.05, 0.1) is 16.6 Å². The number of pyridine rings is 1. The Balaban J connectivity index is 1.56. The number of fused-ring (bicyclic) bond motifs is 1. The molecule has 4 rings (SSSR count). The van der Waals surface area contributed by atoms with Gasteiger partial charge in [-0.05, 0) is 43.2 Å². The fraction of sp³-hybridized carbons (Fsp3) is 0.308. The number of aliphatic hydroxyl groups excluding tert-OH is 1. The summed E-state index contributed by atoms with van der Waals surface area (Å²) in [7, 11) is -3.32. The third-order valence-electron chi connectivity index (χ3n) is 6.32. The number of amidine groups is 2. The minimum absolute atomic E-state index is 0.137. The van der Waals surface area contributed by atoms with Gasteiger partial charge in [0.15, 0.2) is 0 Å². The summed E-state index contributed by atoms with van der Waals surface area (Å²) in [6, 6.07) is 10.2. The van der Waals surface area contributed by atoms with E-state index in [1.807, 2.05) is 0 Å². The van der Waals surface area contributed by atoms with E-state index in [0.29, 0.717) is 38.8 Å². The zero-order valence-corrected chi connectivity index (χ0v) is 23.3. The largest absolute Gasteiger partial charge is 0.467 e. The second-order valence-electron chi connectivity index (χ2n) is 9.06. The van der Waals surface area contributed by atoms with Gasteiger partial charge >= 0.3 is 5.92 Å². The van der Waals surface area contributed by atoms with Gasteiger partial charge in [0.2, 0.25) is 10.0 Å². The second-order valence-corrected chi connectivity index (χ2v) is 12.2. The van der Waals surface area contributed by atoms with Crippen molar-refractivity contribution in [1.82, 2.24) is 19.2 Å². The molecule has 1 saturated heterocycles. The lowest BCUT2D eigenvalue weighted by Gasteiger charge is -2.35. The van der Waals surface area contributed by atoms with E-state index < -0.39 is 39.4 Å². The van der Waals surface area contributed by atoms with Gasteiger partial charge in [-0.2, -0.15) is 13.1 Å². The van der Waals surface area contributed by atoms with Crippen molar-refractivity contribution < 1.29 is 22.3 Å². The minimum atomic E-state index is -3.85. The molecule has 14 heteroatoms. The molecule has 0 bridgehead atoms. The Morgan fingerprint density at radius 2 is 1.98 bits per heavy atom. The Bertz CT molecular complexity index is 1620. The molecule has 10 nitrogen and oxygen atoms in total. The van der Waals surface area contributed by atoms with Crippen molar-refractivity contribution in [1.29, 1.82) is 5.41 Å². The van der Waals surface area contributed by atoms with Crippen molar-refractivity contribution in [2.45, 2.75) is 19.1 Å². The molecule has 1 atom stereocenters. The van der Waals surface area contributed by atoms with Crippen LogP contribution in [-0.2, 0) is 15.9 Å². The maximum absolute atomic E-state index is 15.5. The predicted molar refractivity (Wildman–Crippen MR) is 152 cm³/mol. The molecule has 210 valence electrons. The fourth-order valence-corrected chi connectivity index (χ4v) is 5.96. The Kier molecular flexibility index (Phi) is 8.43. The van der Waals surface area contributed by atoms with E-state index in [-0.39, 0.29) is 18.8 Å². The van der Waals surface area contributed by atoms with Gasteiger partial charge in [-0.3, -0.25) is 9.88 Å². The lowest BCUT2D eigenvalue weighted by Crippen LogP contribution is -2.49. The van der Waals surface area contributed by atoms with Crippen molar-refractivity contribution in [2.24, 2.45) is 5.10 Å². The number of alkyl halides is 2. The predicted octanol–water partition coefficient (Wildman–Crippen LogP) is 3.26. The van der Waals surface area contributed by atoms with Crippen molar-refractivity contribution in [3.63, 3.8) is 0 Å². The van der Waals surface area contributed by atoms with Crippen LogP contribution in [-0.4, -0.2) is 82.5 Å². The maximum atomic E-state index is 15.5. The van der Waals surface area contributed by atoms with E-state index in [0.717, 1.165) is 30.6 Å². The minimum Gasteiger partial charge on any atom is -0.467 e. The van der Waals surface area contributed by atoms with Crippen LogP contribution in [0.25, 0.3) is 16.3 Å². The second kappa shape index (κ2) is 11.5. The van der Waals surface area contributed by atoms with Crippen molar-refractivity contribution >= 4 is 49.6 Å². The molecule has 2 N–H and O–H groups in total. The summed E-state index contributed by atoms with van der Waals surface area (Å²) < 4.78 is 55.7. The quantitative estimate of drug-likeness (QED) is 0.189. The lowest BCUT2D eigenvalue weighted by molar-refractivity contribution is -0.0134. The van der Waals surface area contributed by atoms with Crippen LogP contribution in [0.2, 0.25) is 0 Å². The topological polar surface area (TPSA) is 135 Å². The number of terminal acetylenes is 1. The average Bonchev–Trinajstić information content (AvgIpc) is 3.42. The number of thiophene rings is 1. The van der Waals surface area contributed by atoms with Crippen LogP contribution in [0.4, 0.5) is 8.78 Å². The number of benzene rings is 1. The van der Waals surface area contributed by atoms with Gasteiger partial charge in [0.25, 0.3) is 0 Å². The van der Waals surface area contributed by atoms with Gasteiger partial charge in [-0.1, -0.05) is 18.0 Å². The average molecular weight is 587 g/mol. The van der Waals surface area contributed by atoms with Gasteiger partial charge in [0.1, 0.15) is 17.8 Å². The maximum Gasteiger partial charge on any atom is 0.312 e. The molecule has 3 aromatic rings. The van der Waals surface area contributed by atoms with Crippen molar-refractivity contribution in [2.75, 3.05) is 32.4 Å². The molecule has 1 fully saturated rings. The van der Waals surface area contributed by atoms with Crippen LogP contribution in [0.5, 0.6) is 0 Å². The third kappa shape index (κ3) is 6.08. The molecule has 1 aromatic carbocycles. The number of piperazine rings is 1. The molecule has 0 radical (unpaired) electrons. The Labute approximate surface area is 234 Å². The number of halogens is 2. The highest BCUT2D eigenvalue weighted by Crippen LogP contribution is 2.33. The number of nitrogens with zero attached hydrogens (tertiary/aromatic N) is 6. The van der Waals surface area contributed by atoms with Crippen LogP contribution in [0.3, 0.4) is 0 Å². The zero-order valence-electron chi connectivity index (χ0n) is 21.6. The number of rotatable bonds is 7. The highest BCUT2D eigenvalue weighted by Gasteiger charge is 2.38. The van der Waals surface area contributed by atoms with Crippen LogP contribution >= 0.6 is 11.3 Å². The van der Waals surface area contributed by atoms with Crippen LogP contribution in [0.15, 0.2) is 53.8 Å². The van der Waals surface area contributed by atoms with Crippen LogP contribution < -0.4 is 0 Å². The first kappa shape index (κ1) is 29.4. The van der Waals surface area contributed by atoms with Crippen molar-refractivity contribution in [3.05, 3.63) is 69.4 Å². The Hall–Kier alpha value is -3.61. The first-order valence-electron chi connectivity index (χ1n) is 12.0. The number of hydrogen-bond acceptors (Lipinski definition) is 8. The number of nitrogens with one attached hydrogen (secondary N) is 1. The smallest absolute Gasteiger partial charge is 0.312 e. The molecule has 1 aliphatic rings. The number of aliphatic hydroxyl groups is 1. The van der Waals surface area contributed by atoms with Crippen LogP contribution in [0, 0.1) is 17.8 Å². The Morgan fingerprint density at radius 3 is 2.60 bits per heavy atom. The first-order valence-corrected chi connectivity index (χ1v) is 14.7. The van der Waals surface area contributed by atoms with Crippen molar-refractivity contribution in [3.8, 4) is 12.3 Å². The summed E-state index contributed by atoms with van der Waals surface area (Å²) in [6.45, 7) is 2.18. The van der Waals surface area contributed by atoms with Gasteiger partial charge < -0.3 is 20.9 Å². The molecule has 3 heterocycles. The summed E-state index contributed by atoms with van der Waals surface area (Å²) >= 11 is 1.07. The summed E-state index contributed by atoms with van der Waals surface area (Å²) in [4.78, 5) is 6.63. The molecule has 40 heavy (non-hydrogen) atoms. The molecule has 0 saturated carbocycles. The molecule has 0 spiro atoms. The molecule has 1 aliphatic heterocycles. The Morgan fingerprint density at radius 1 is 1.27 bits per heavy atom. The van der Waals surface area contributed by atoms with E-state index in [4.69, 9.17) is 11.8 Å². The van der Waals surface area contributed by atoms with E-state index in [9.17, 15) is 18.9 Å². The zero-order chi connectivity index (χ0) is 29.2. The summed E-state index contributed by atoms with van der Waals surface area (Å²) in [5, 5.41) is 34.1. The van der Waals surface area contributed by atoms with Gasteiger partial charge in [0, 0.05) is 48.2 Å². The molecular weight excluding hydrogens is 560 g/mol. The van der Waals surface area contributed by atoms with E-state index in [1.165, 1.54) is 22.6 Å². The molecule has 0 amide bonds. The first-order chi connectivity index (χ1) is 18.8. The standard InChI is InChI=1S/C26H26F2N7O3S2/c1-4-20(22-9-10-23(39-22)24(36)33-12-14-34(15-13-33)40(3,37)38)32-35(17(2)29)25(30)26(27,28)19-7-8-21-18(16-19)6-5-11-31-21/h1,5-11,16,24,30,36H,12-15H2,2-3H3/q-1/b30-25?,32-20+. The highest BCUT2D eigenvalue weighted by atomic mass is 32.2. The summed E-state index contributed by atoms with van der Waals surface area (Å²) in [5.74, 6) is -3.55.